The van der Waals surface area contributed by atoms with Crippen LogP contribution in [0.1, 0.15) is 31.2 Å². The summed E-state index contributed by atoms with van der Waals surface area (Å²) in [6.07, 6.45) is 0. The van der Waals surface area contributed by atoms with Gasteiger partial charge in [-0.2, -0.15) is 5.26 Å². The topological polar surface area (TPSA) is 87.6 Å². The van der Waals surface area contributed by atoms with Gasteiger partial charge in [-0.3, -0.25) is 0 Å². The molecule has 0 aliphatic carbocycles. The predicted octanol–water partition coefficient (Wildman–Crippen LogP) is 2.80. The number of anilines is 3. The molecule has 3 N–H and O–H groups in total. The lowest BCUT2D eigenvalue weighted by atomic mass is 10.2. The first-order valence-electron chi connectivity index (χ1n) is 6.00. The Morgan fingerprint density at radius 1 is 1.26 bits per heavy atom. The van der Waals surface area contributed by atoms with E-state index in [1.54, 1.807) is 12.1 Å². The molecule has 96 valence electrons. The summed E-state index contributed by atoms with van der Waals surface area (Å²) >= 11 is 0. The Balaban J connectivity index is 2.36. The Labute approximate surface area is 112 Å². The number of rotatable bonds is 3. The van der Waals surface area contributed by atoms with Gasteiger partial charge in [-0.05, 0) is 12.1 Å². The first-order chi connectivity index (χ1) is 9.10. The number of hydrogen-bond acceptors (Lipinski definition) is 5. The van der Waals surface area contributed by atoms with Gasteiger partial charge >= 0.3 is 0 Å². The molecule has 0 amide bonds. The number of aromatic nitrogens is 2. The van der Waals surface area contributed by atoms with E-state index in [-0.39, 0.29) is 5.92 Å². The molecular formula is C14H15N5. The fourth-order valence-electron chi connectivity index (χ4n) is 1.64. The zero-order valence-corrected chi connectivity index (χ0v) is 10.9. The van der Waals surface area contributed by atoms with Crippen molar-refractivity contribution >= 4 is 17.3 Å². The van der Waals surface area contributed by atoms with Crippen LogP contribution in [0.25, 0.3) is 0 Å². The predicted molar refractivity (Wildman–Crippen MR) is 75.0 cm³/mol. The van der Waals surface area contributed by atoms with Gasteiger partial charge in [0.1, 0.15) is 23.5 Å². The van der Waals surface area contributed by atoms with Gasteiger partial charge in [-0.1, -0.05) is 26.0 Å². The minimum atomic E-state index is 0.190. The van der Waals surface area contributed by atoms with E-state index < -0.39 is 0 Å². The van der Waals surface area contributed by atoms with E-state index in [1.807, 2.05) is 32.0 Å². The highest BCUT2D eigenvalue weighted by atomic mass is 15.1. The van der Waals surface area contributed by atoms with Crippen molar-refractivity contribution in [3.8, 4) is 6.07 Å². The number of benzene rings is 1. The van der Waals surface area contributed by atoms with Gasteiger partial charge in [0, 0.05) is 12.0 Å². The van der Waals surface area contributed by atoms with E-state index in [0.717, 1.165) is 0 Å². The van der Waals surface area contributed by atoms with Gasteiger partial charge in [0.05, 0.1) is 11.3 Å². The lowest BCUT2D eigenvalue weighted by molar-refractivity contribution is 0.779. The monoisotopic (exact) mass is 253 g/mol. The second-order valence-corrected chi connectivity index (χ2v) is 4.47. The molecule has 0 atom stereocenters. The Hall–Kier alpha value is -2.61. The van der Waals surface area contributed by atoms with Crippen molar-refractivity contribution in [1.29, 1.82) is 5.26 Å². The van der Waals surface area contributed by atoms with Crippen molar-refractivity contribution in [3.63, 3.8) is 0 Å². The number of para-hydroxylation sites is 1. The first kappa shape index (κ1) is 12.8. The average Bonchev–Trinajstić information content (AvgIpc) is 2.38. The third kappa shape index (κ3) is 2.99. The molecule has 0 aliphatic heterocycles. The van der Waals surface area contributed by atoms with Crippen molar-refractivity contribution in [3.05, 3.63) is 41.7 Å². The van der Waals surface area contributed by atoms with Gasteiger partial charge in [0.15, 0.2) is 0 Å². The number of hydrogen-bond donors (Lipinski definition) is 2. The van der Waals surface area contributed by atoms with E-state index in [4.69, 9.17) is 11.0 Å². The maximum absolute atomic E-state index is 9.05. The number of nitrogen functional groups attached to an aromatic ring is 1. The second-order valence-electron chi connectivity index (χ2n) is 4.47. The molecule has 19 heavy (non-hydrogen) atoms. The fraction of sp³-hybridized carbons (Fsp3) is 0.214. The zero-order valence-electron chi connectivity index (χ0n) is 10.9. The quantitative estimate of drug-likeness (QED) is 0.878. The van der Waals surface area contributed by atoms with Crippen molar-refractivity contribution in [2.45, 2.75) is 19.8 Å². The van der Waals surface area contributed by atoms with E-state index in [1.165, 1.54) is 0 Å². The van der Waals surface area contributed by atoms with Crippen LogP contribution >= 0.6 is 0 Å². The lowest BCUT2D eigenvalue weighted by Gasteiger charge is -2.10. The van der Waals surface area contributed by atoms with Crippen LogP contribution in [0, 0.1) is 11.3 Å². The second kappa shape index (κ2) is 5.36. The van der Waals surface area contributed by atoms with E-state index >= 15 is 0 Å². The summed E-state index contributed by atoms with van der Waals surface area (Å²) in [6.45, 7) is 4.00. The molecule has 0 fully saturated rings. The minimum Gasteiger partial charge on any atom is -0.384 e. The number of nitriles is 1. The number of nitrogens with two attached hydrogens (primary N) is 1. The van der Waals surface area contributed by atoms with Crippen LogP contribution in [0.15, 0.2) is 30.3 Å². The molecule has 5 heteroatoms. The van der Waals surface area contributed by atoms with Crippen molar-refractivity contribution in [1.82, 2.24) is 9.97 Å². The molecule has 0 saturated carbocycles. The minimum absolute atomic E-state index is 0.190. The zero-order chi connectivity index (χ0) is 13.8. The van der Waals surface area contributed by atoms with Gasteiger partial charge in [-0.15, -0.1) is 0 Å². The molecule has 1 aromatic heterocycles. The van der Waals surface area contributed by atoms with Crippen LogP contribution in [0.4, 0.5) is 17.3 Å². The van der Waals surface area contributed by atoms with Gasteiger partial charge < -0.3 is 11.1 Å². The Morgan fingerprint density at radius 2 is 2.00 bits per heavy atom. The maximum Gasteiger partial charge on any atom is 0.136 e. The summed E-state index contributed by atoms with van der Waals surface area (Å²) in [5.74, 6) is 1.88. The third-order valence-electron chi connectivity index (χ3n) is 2.59. The molecule has 0 bridgehead atoms. The first-order valence-corrected chi connectivity index (χ1v) is 6.00. The van der Waals surface area contributed by atoms with Crippen molar-refractivity contribution in [2.24, 2.45) is 0 Å². The van der Waals surface area contributed by atoms with Gasteiger partial charge in [-0.25, -0.2) is 9.97 Å². The summed E-state index contributed by atoms with van der Waals surface area (Å²) in [5, 5.41) is 12.2. The van der Waals surface area contributed by atoms with Crippen LogP contribution in [0.3, 0.4) is 0 Å². The van der Waals surface area contributed by atoms with Gasteiger partial charge in [0.25, 0.3) is 0 Å². The summed E-state index contributed by atoms with van der Waals surface area (Å²) in [7, 11) is 0. The standard InChI is InChI=1S/C14H15N5/c1-9(2)14-18-12(16)7-13(19-14)17-11-6-4-3-5-10(11)8-15/h3-7,9H,1-2H3,(H3,16,17,18,19). The molecule has 1 heterocycles. The SMILES string of the molecule is CC(C)c1nc(N)cc(Nc2ccccc2C#N)n1. The fourth-order valence-corrected chi connectivity index (χ4v) is 1.64. The van der Waals surface area contributed by atoms with E-state index in [0.29, 0.717) is 28.7 Å². The van der Waals surface area contributed by atoms with Crippen LogP contribution in [-0.2, 0) is 0 Å². The molecule has 0 unspecified atom stereocenters. The molecule has 0 aliphatic rings. The van der Waals surface area contributed by atoms with Crippen LogP contribution in [0.5, 0.6) is 0 Å². The third-order valence-corrected chi connectivity index (χ3v) is 2.59. The molecule has 5 nitrogen and oxygen atoms in total. The molecule has 2 aromatic rings. The molecule has 0 spiro atoms. The smallest absolute Gasteiger partial charge is 0.136 e. The maximum atomic E-state index is 9.05. The normalized spacial score (nSPS) is 10.2. The largest absolute Gasteiger partial charge is 0.384 e. The molecule has 2 rings (SSSR count). The van der Waals surface area contributed by atoms with E-state index in [9.17, 15) is 0 Å². The highest BCUT2D eigenvalue weighted by molar-refractivity contribution is 5.65. The van der Waals surface area contributed by atoms with Crippen molar-refractivity contribution in [2.75, 3.05) is 11.1 Å². The summed E-state index contributed by atoms with van der Waals surface area (Å²) in [6, 6.07) is 11.0. The molecule has 0 saturated heterocycles. The lowest BCUT2D eigenvalue weighted by Crippen LogP contribution is -2.05. The highest BCUT2D eigenvalue weighted by Gasteiger charge is 2.08. The Bertz CT molecular complexity index is 628. The molecular weight excluding hydrogens is 238 g/mol. The Morgan fingerprint density at radius 3 is 2.68 bits per heavy atom. The number of nitrogens with one attached hydrogen (secondary N) is 1. The average molecular weight is 253 g/mol. The summed E-state index contributed by atoms with van der Waals surface area (Å²) in [4.78, 5) is 8.57. The summed E-state index contributed by atoms with van der Waals surface area (Å²) in [5.41, 5.74) is 7.03. The Kier molecular flexibility index (Phi) is 3.62. The van der Waals surface area contributed by atoms with Gasteiger partial charge in [0.2, 0.25) is 0 Å². The van der Waals surface area contributed by atoms with Crippen LogP contribution < -0.4 is 11.1 Å². The number of nitrogens with zero attached hydrogens (tertiary/aromatic N) is 3. The van der Waals surface area contributed by atoms with Crippen molar-refractivity contribution < 1.29 is 0 Å². The highest BCUT2D eigenvalue weighted by Crippen LogP contribution is 2.21. The molecule has 0 radical (unpaired) electrons. The van der Waals surface area contributed by atoms with Crippen LogP contribution in [0.2, 0.25) is 0 Å². The van der Waals surface area contributed by atoms with E-state index in [2.05, 4.69) is 21.4 Å². The molecule has 1 aromatic carbocycles. The van der Waals surface area contributed by atoms with Crippen LogP contribution in [-0.4, -0.2) is 9.97 Å². The summed E-state index contributed by atoms with van der Waals surface area (Å²) < 4.78 is 0.